The Labute approximate surface area is 80.1 Å². The van der Waals surface area contributed by atoms with Crippen molar-refractivity contribution in [1.29, 1.82) is 0 Å². The molecular weight excluding hydrogens is 163 g/mol. The van der Waals surface area contributed by atoms with E-state index in [-0.39, 0.29) is 5.82 Å². The van der Waals surface area contributed by atoms with Crippen LogP contribution in [0.1, 0.15) is 32.3 Å². The molecule has 0 nitrogen and oxygen atoms in total. The van der Waals surface area contributed by atoms with Crippen LogP contribution >= 0.6 is 0 Å². The summed E-state index contributed by atoms with van der Waals surface area (Å²) in [6, 6.07) is 6.63. The maximum atomic E-state index is 12.4. The molecule has 1 rings (SSSR count). The van der Waals surface area contributed by atoms with Crippen LogP contribution in [0.4, 0.5) is 4.39 Å². The third kappa shape index (κ3) is 5.18. The molecule has 1 aromatic carbocycles. The third-order valence-electron chi connectivity index (χ3n) is 1.54. The number of allylic oxidation sites excluding steroid dienone is 1. The Morgan fingerprint density at radius 2 is 1.62 bits per heavy atom. The maximum absolute atomic E-state index is 12.4. The zero-order valence-electron chi connectivity index (χ0n) is 8.55. The van der Waals surface area contributed by atoms with Gasteiger partial charge in [-0.25, -0.2) is 4.39 Å². The molecule has 0 atom stereocenters. The molecule has 0 spiro atoms. The quantitative estimate of drug-likeness (QED) is 0.570. The summed E-state index contributed by atoms with van der Waals surface area (Å²) in [6.45, 7) is 9.43. The Bertz CT molecular complexity index is 234. The summed E-state index contributed by atoms with van der Waals surface area (Å²) >= 11 is 0. The van der Waals surface area contributed by atoms with E-state index in [1.165, 1.54) is 17.7 Å². The van der Waals surface area contributed by atoms with Crippen LogP contribution < -0.4 is 0 Å². The number of hydrogen-bond acceptors (Lipinski definition) is 0. The lowest BCUT2D eigenvalue weighted by Gasteiger charge is -2.02. The van der Waals surface area contributed by atoms with Gasteiger partial charge in [0.2, 0.25) is 0 Å². The summed E-state index contributed by atoms with van der Waals surface area (Å²) in [5.41, 5.74) is 1.18. The zero-order valence-corrected chi connectivity index (χ0v) is 8.55. The van der Waals surface area contributed by atoms with Crippen LogP contribution in [-0.2, 0) is 0 Å². The van der Waals surface area contributed by atoms with E-state index in [0.717, 1.165) is 0 Å². The first-order valence-corrected chi connectivity index (χ1v) is 4.44. The first kappa shape index (κ1) is 11.9. The molecule has 0 aromatic heterocycles. The van der Waals surface area contributed by atoms with Crippen LogP contribution in [-0.4, -0.2) is 0 Å². The molecule has 0 amide bonds. The molecule has 0 radical (unpaired) electrons. The lowest BCUT2D eigenvalue weighted by atomic mass is 10.0. The van der Waals surface area contributed by atoms with Gasteiger partial charge in [0, 0.05) is 0 Å². The molecule has 0 aliphatic carbocycles. The highest BCUT2D eigenvalue weighted by atomic mass is 19.1. The molecule has 0 unspecified atom stereocenters. The number of hydrogen-bond donors (Lipinski definition) is 0. The van der Waals surface area contributed by atoms with Crippen LogP contribution in [0.25, 0.3) is 0 Å². The van der Waals surface area contributed by atoms with Crippen molar-refractivity contribution in [3.05, 3.63) is 48.3 Å². The lowest BCUT2D eigenvalue weighted by Crippen LogP contribution is -1.85. The van der Waals surface area contributed by atoms with Crippen molar-refractivity contribution in [3.8, 4) is 0 Å². The molecule has 0 saturated heterocycles. The molecular formula is C12H17F. The van der Waals surface area contributed by atoms with Crippen molar-refractivity contribution in [2.24, 2.45) is 0 Å². The van der Waals surface area contributed by atoms with E-state index in [9.17, 15) is 4.39 Å². The van der Waals surface area contributed by atoms with E-state index in [4.69, 9.17) is 0 Å². The Hall–Kier alpha value is -1.11. The highest BCUT2D eigenvalue weighted by molar-refractivity contribution is 5.18. The van der Waals surface area contributed by atoms with Gasteiger partial charge in [-0.15, -0.1) is 6.58 Å². The van der Waals surface area contributed by atoms with Crippen molar-refractivity contribution in [3.63, 3.8) is 0 Å². The zero-order chi connectivity index (χ0) is 10.3. The van der Waals surface area contributed by atoms with Crippen LogP contribution in [0, 0.1) is 5.82 Å². The molecule has 0 saturated carbocycles. The number of benzene rings is 1. The van der Waals surface area contributed by atoms with E-state index >= 15 is 0 Å². The Kier molecular flexibility index (Phi) is 5.86. The average molecular weight is 180 g/mol. The van der Waals surface area contributed by atoms with E-state index in [1.807, 2.05) is 19.1 Å². The molecule has 0 heterocycles. The van der Waals surface area contributed by atoms with E-state index in [1.54, 1.807) is 6.08 Å². The molecule has 0 aliphatic rings. The van der Waals surface area contributed by atoms with Crippen molar-refractivity contribution >= 4 is 0 Å². The fourth-order valence-corrected chi connectivity index (χ4v) is 0.848. The predicted octanol–water partition coefficient (Wildman–Crippen LogP) is 4.14. The highest BCUT2D eigenvalue weighted by Crippen LogP contribution is 2.13. The van der Waals surface area contributed by atoms with Crippen molar-refractivity contribution in [2.45, 2.75) is 26.7 Å². The number of halogens is 1. The van der Waals surface area contributed by atoms with Gasteiger partial charge >= 0.3 is 0 Å². The molecule has 72 valence electrons. The smallest absolute Gasteiger partial charge is 0.123 e. The van der Waals surface area contributed by atoms with Crippen LogP contribution in [0.2, 0.25) is 0 Å². The van der Waals surface area contributed by atoms with Gasteiger partial charge in [0.05, 0.1) is 0 Å². The molecule has 0 bridgehead atoms. The largest absolute Gasteiger partial charge is 0.207 e. The standard InChI is InChI=1S/C9H11F.C3H6/c1-7(2)8-3-5-9(10)6-4-8;1-3-2/h3-7H,1-2H3;3H,1H2,2H3. The third-order valence-corrected chi connectivity index (χ3v) is 1.54. The molecule has 0 aliphatic heterocycles. The highest BCUT2D eigenvalue weighted by Gasteiger charge is 1.96. The second-order valence-electron chi connectivity index (χ2n) is 3.11. The van der Waals surface area contributed by atoms with Gasteiger partial charge in [0.15, 0.2) is 0 Å². The fraction of sp³-hybridized carbons (Fsp3) is 0.333. The number of rotatable bonds is 1. The van der Waals surface area contributed by atoms with Crippen molar-refractivity contribution in [2.75, 3.05) is 0 Å². The Morgan fingerprint density at radius 1 is 1.23 bits per heavy atom. The topological polar surface area (TPSA) is 0 Å². The second-order valence-corrected chi connectivity index (χ2v) is 3.11. The second kappa shape index (κ2) is 6.41. The minimum Gasteiger partial charge on any atom is -0.207 e. The van der Waals surface area contributed by atoms with Gasteiger partial charge in [-0.1, -0.05) is 32.1 Å². The minimum absolute atomic E-state index is 0.163. The van der Waals surface area contributed by atoms with Gasteiger partial charge < -0.3 is 0 Å². The van der Waals surface area contributed by atoms with Crippen LogP contribution in [0.15, 0.2) is 36.9 Å². The fourth-order valence-electron chi connectivity index (χ4n) is 0.848. The van der Waals surface area contributed by atoms with E-state index < -0.39 is 0 Å². The summed E-state index contributed by atoms with van der Waals surface area (Å²) in [4.78, 5) is 0. The monoisotopic (exact) mass is 180 g/mol. The van der Waals surface area contributed by atoms with E-state index in [2.05, 4.69) is 20.4 Å². The van der Waals surface area contributed by atoms with Gasteiger partial charge in [-0.2, -0.15) is 0 Å². The van der Waals surface area contributed by atoms with Crippen molar-refractivity contribution < 1.29 is 4.39 Å². The van der Waals surface area contributed by atoms with Gasteiger partial charge in [0.25, 0.3) is 0 Å². The summed E-state index contributed by atoms with van der Waals surface area (Å²) in [5.74, 6) is 0.324. The molecule has 1 aromatic rings. The molecule has 1 heteroatoms. The first-order valence-electron chi connectivity index (χ1n) is 4.44. The minimum atomic E-state index is -0.163. The van der Waals surface area contributed by atoms with E-state index in [0.29, 0.717) is 5.92 Å². The first-order chi connectivity index (χ1) is 6.11. The van der Waals surface area contributed by atoms with Crippen LogP contribution in [0.3, 0.4) is 0 Å². The molecule has 13 heavy (non-hydrogen) atoms. The summed E-state index contributed by atoms with van der Waals surface area (Å²) < 4.78 is 12.4. The average Bonchev–Trinajstić information content (AvgIpc) is 2.06. The van der Waals surface area contributed by atoms with Gasteiger partial charge in [-0.05, 0) is 30.5 Å². The Balaban J connectivity index is 0.000000424. The SMILES string of the molecule is C=CC.CC(C)c1ccc(F)cc1. The summed E-state index contributed by atoms with van der Waals surface area (Å²) in [7, 11) is 0. The van der Waals surface area contributed by atoms with Crippen molar-refractivity contribution in [1.82, 2.24) is 0 Å². The predicted molar refractivity (Wildman–Crippen MR) is 56.4 cm³/mol. The normalized spacial score (nSPS) is 9.00. The molecule has 0 N–H and O–H groups in total. The van der Waals surface area contributed by atoms with Crippen LogP contribution in [0.5, 0.6) is 0 Å². The Morgan fingerprint density at radius 3 is 1.92 bits per heavy atom. The summed E-state index contributed by atoms with van der Waals surface area (Å²) in [5, 5.41) is 0. The molecule has 0 fully saturated rings. The van der Waals surface area contributed by atoms with Gasteiger partial charge in [-0.3, -0.25) is 0 Å². The van der Waals surface area contributed by atoms with Gasteiger partial charge in [0.1, 0.15) is 5.82 Å². The summed E-state index contributed by atoms with van der Waals surface area (Å²) in [6.07, 6.45) is 1.75. The maximum Gasteiger partial charge on any atom is 0.123 e. The lowest BCUT2D eigenvalue weighted by molar-refractivity contribution is 0.626.